The summed E-state index contributed by atoms with van der Waals surface area (Å²) in [6.45, 7) is 1.08. The molecule has 176 valence electrons. The summed E-state index contributed by atoms with van der Waals surface area (Å²) in [4.78, 5) is 23.9. The summed E-state index contributed by atoms with van der Waals surface area (Å²) >= 11 is 0. The van der Waals surface area contributed by atoms with Crippen molar-refractivity contribution in [3.05, 3.63) is 0 Å². The Kier molecular flexibility index (Phi) is 6.48. The topological polar surface area (TPSA) is 208 Å². The van der Waals surface area contributed by atoms with Crippen LogP contribution in [0.2, 0.25) is 6.32 Å². The first-order valence-corrected chi connectivity index (χ1v) is 12.0. The van der Waals surface area contributed by atoms with Gasteiger partial charge in [0.2, 0.25) is 5.91 Å². The highest BCUT2D eigenvalue weighted by Gasteiger charge is 2.68. The van der Waals surface area contributed by atoms with Crippen molar-refractivity contribution in [3.8, 4) is 0 Å². The molecule has 0 aromatic heterocycles. The Morgan fingerprint density at radius 1 is 1.23 bits per heavy atom. The lowest BCUT2D eigenvalue weighted by Gasteiger charge is -2.31. The molecule has 3 atom stereocenters. The van der Waals surface area contributed by atoms with Gasteiger partial charge in [-0.05, 0) is 45.3 Å². The number of carboxylic acids is 1. The van der Waals surface area contributed by atoms with E-state index >= 15 is 0 Å². The van der Waals surface area contributed by atoms with Crippen molar-refractivity contribution >= 4 is 29.2 Å². The van der Waals surface area contributed by atoms with E-state index < -0.39 is 51.9 Å². The highest BCUT2D eigenvalue weighted by atomic mass is 32.2. The van der Waals surface area contributed by atoms with E-state index in [4.69, 9.17) is 21.5 Å². The van der Waals surface area contributed by atoms with Gasteiger partial charge in [-0.1, -0.05) is 6.42 Å². The molecule has 1 aliphatic heterocycles. The Labute approximate surface area is 182 Å². The Hall–Kier alpha value is -1.29. The molecule has 2 saturated carbocycles. The third-order valence-corrected chi connectivity index (χ3v) is 8.47. The molecule has 3 aliphatic rings. The van der Waals surface area contributed by atoms with Crippen molar-refractivity contribution < 1.29 is 33.2 Å². The fourth-order valence-electron chi connectivity index (χ4n) is 4.53. The lowest BCUT2D eigenvalue weighted by atomic mass is 9.78. The predicted octanol–water partition coefficient (Wildman–Crippen LogP) is -2.68. The van der Waals surface area contributed by atoms with Crippen LogP contribution in [0.4, 0.5) is 0 Å². The molecule has 3 fully saturated rings. The number of nitrogens with zero attached hydrogens (tertiary/aromatic N) is 1. The first-order valence-electron chi connectivity index (χ1n) is 10.5. The summed E-state index contributed by atoms with van der Waals surface area (Å²) < 4.78 is 30.1. The second-order valence-electron chi connectivity index (χ2n) is 9.30. The Bertz CT molecular complexity index is 831. The van der Waals surface area contributed by atoms with Gasteiger partial charge in [-0.2, -0.15) is 17.4 Å². The average molecular weight is 461 g/mol. The van der Waals surface area contributed by atoms with E-state index in [9.17, 15) is 23.1 Å². The van der Waals surface area contributed by atoms with Crippen molar-refractivity contribution in [2.24, 2.45) is 17.4 Å². The number of nitrogens with two attached hydrogens (primary N) is 2. The van der Waals surface area contributed by atoms with Crippen molar-refractivity contribution in [2.45, 2.75) is 74.4 Å². The molecule has 1 heterocycles. The molecule has 3 rings (SSSR count). The van der Waals surface area contributed by atoms with Crippen LogP contribution in [0.5, 0.6) is 0 Å². The fraction of sp³-hybridized carbons (Fsp3) is 0.882. The number of carbonyl (C=O) groups is 2. The van der Waals surface area contributed by atoms with Gasteiger partial charge in [0.1, 0.15) is 5.54 Å². The molecule has 12 nitrogen and oxygen atoms in total. The third-order valence-electron chi connectivity index (χ3n) is 6.86. The quantitative estimate of drug-likeness (QED) is 0.160. The molecule has 0 unspecified atom stereocenters. The summed E-state index contributed by atoms with van der Waals surface area (Å²) in [7, 11) is -5.59. The number of carboxylic acid groups (broad SMARTS) is 1. The smallest absolute Gasteiger partial charge is 0.451 e. The molecule has 0 spiro atoms. The largest absolute Gasteiger partial charge is 0.480 e. The van der Waals surface area contributed by atoms with E-state index in [1.807, 2.05) is 0 Å². The molecular weight excluding hydrogens is 429 g/mol. The van der Waals surface area contributed by atoms with Crippen LogP contribution in [0.15, 0.2) is 0 Å². The van der Waals surface area contributed by atoms with Gasteiger partial charge < -0.3 is 31.9 Å². The molecule has 14 heteroatoms. The van der Waals surface area contributed by atoms with E-state index in [0.717, 1.165) is 4.31 Å². The van der Waals surface area contributed by atoms with E-state index in [1.54, 1.807) is 6.92 Å². The highest BCUT2D eigenvalue weighted by molar-refractivity contribution is 7.87. The maximum absolute atomic E-state index is 13.2. The zero-order valence-electron chi connectivity index (χ0n) is 17.6. The lowest BCUT2D eigenvalue weighted by Crippen LogP contribution is -2.60. The first-order chi connectivity index (χ1) is 14.3. The van der Waals surface area contributed by atoms with Crippen molar-refractivity contribution in [3.63, 3.8) is 0 Å². The number of carbonyl (C=O) groups excluding carboxylic acids is 1. The monoisotopic (exact) mass is 461 g/mol. The number of nitrogens with one attached hydrogen (secondary N) is 2. The van der Waals surface area contributed by atoms with Gasteiger partial charge in [-0.25, -0.2) is 0 Å². The number of hydrogen-bond acceptors (Lipinski definition) is 8. The van der Waals surface area contributed by atoms with Gasteiger partial charge in [0, 0.05) is 19.0 Å². The van der Waals surface area contributed by atoms with Crippen LogP contribution >= 0.6 is 0 Å². The highest BCUT2D eigenvalue weighted by Crippen LogP contribution is 2.57. The Morgan fingerprint density at radius 3 is 2.26 bits per heavy atom. The molecule has 2 aliphatic carbocycles. The summed E-state index contributed by atoms with van der Waals surface area (Å²) in [6.07, 6.45) is 2.97. The number of rotatable bonds is 11. The minimum absolute atomic E-state index is 0.0437. The SMILES string of the molecule is C[C@H](N)C(=O)NC1(C2(NS(=O)(=O)N3C[C@H](CCCB(O)O)[C@](N)(C(=O)O)C3)CC2)CC1. The molecular formula is C17H32BN5O7S. The number of amides is 1. The molecule has 0 bridgehead atoms. The fourth-order valence-corrected chi connectivity index (χ4v) is 6.31. The van der Waals surface area contributed by atoms with Crippen molar-refractivity contribution in [2.75, 3.05) is 13.1 Å². The molecule has 1 amide bonds. The second kappa shape index (κ2) is 8.25. The van der Waals surface area contributed by atoms with Crippen LogP contribution in [0.1, 0.15) is 45.4 Å². The second-order valence-corrected chi connectivity index (χ2v) is 11.0. The molecule has 0 radical (unpaired) electrons. The van der Waals surface area contributed by atoms with Gasteiger partial charge in [-0.15, -0.1) is 0 Å². The van der Waals surface area contributed by atoms with Gasteiger partial charge in [-0.3, -0.25) is 9.59 Å². The van der Waals surface area contributed by atoms with Crippen molar-refractivity contribution in [1.82, 2.24) is 14.3 Å². The summed E-state index contributed by atoms with van der Waals surface area (Å²) in [5, 5.41) is 30.6. The van der Waals surface area contributed by atoms with E-state index in [-0.39, 0.29) is 31.7 Å². The van der Waals surface area contributed by atoms with E-state index in [0.29, 0.717) is 32.1 Å². The van der Waals surface area contributed by atoms with Crippen LogP contribution in [0.3, 0.4) is 0 Å². The van der Waals surface area contributed by atoms with E-state index in [1.165, 1.54) is 0 Å². The van der Waals surface area contributed by atoms with Gasteiger partial charge in [0.25, 0.3) is 10.2 Å². The lowest BCUT2D eigenvalue weighted by molar-refractivity contribution is -0.144. The zero-order valence-corrected chi connectivity index (χ0v) is 18.4. The van der Waals surface area contributed by atoms with Crippen LogP contribution in [0.25, 0.3) is 0 Å². The maximum atomic E-state index is 13.2. The Morgan fingerprint density at radius 2 is 1.81 bits per heavy atom. The average Bonchev–Trinajstić information content (AvgIpc) is 3.56. The number of aliphatic carboxylic acids is 1. The number of hydrogen-bond donors (Lipinski definition) is 7. The zero-order chi connectivity index (χ0) is 23.2. The molecule has 0 aromatic carbocycles. The van der Waals surface area contributed by atoms with Crippen LogP contribution in [-0.4, -0.2) is 82.6 Å². The van der Waals surface area contributed by atoms with Crippen LogP contribution < -0.4 is 21.5 Å². The standard InChI is InChI=1S/C17H32BN5O7S/c1-11(19)13(24)21-15(4-5-15)16(6-7-16)22-31(29,30)23-9-12(3-2-8-18(27)28)17(20,10-23)14(25)26/h11-12,22,27-28H,2-10,19-20H2,1H3,(H,21,24)(H,25,26)/t11-,12-,17-/m0/s1. The van der Waals surface area contributed by atoms with E-state index in [2.05, 4.69) is 10.0 Å². The van der Waals surface area contributed by atoms with Crippen molar-refractivity contribution in [1.29, 1.82) is 0 Å². The maximum Gasteiger partial charge on any atom is 0.451 e. The van der Waals surface area contributed by atoms with Gasteiger partial charge in [0.05, 0.1) is 17.1 Å². The molecule has 1 saturated heterocycles. The Balaban J connectivity index is 1.72. The van der Waals surface area contributed by atoms with Gasteiger partial charge >= 0.3 is 13.1 Å². The van der Waals surface area contributed by atoms with Crippen LogP contribution in [-0.2, 0) is 19.8 Å². The first kappa shape index (κ1) is 24.4. The predicted molar refractivity (Wildman–Crippen MR) is 112 cm³/mol. The molecule has 9 N–H and O–H groups in total. The normalized spacial score (nSPS) is 29.9. The summed E-state index contributed by atoms with van der Waals surface area (Å²) in [6, 6.07) is -0.713. The van der Waals surface area contributed by atoms with Crippen LogP contribution in [0, 0.1) is 5.92 Å². The summed E-state index contributed by atoms with van der Waals surface area (Å²) in [5.74, 6) is -2.32. The minimum atomic E-state index is -4.07. The summed E-state index contributed by atoms with van der Waals surface area (Å²) in [5.41, 5.74) is 8.48. The minimum Gasteiger partial charge on any atom is -0.480 e. The molecule has 31 heavy (non-hydrogen) atoms. The van der Waals surface area contributed by atoms with Gasteiger partial charge in [0.15, 0.2) is 0 Å². The molecule has 0 aromatic rings. The third kappa shape index (κ3) is 4.75.